The van der Waals surface area contributed by atoms with Gasteiger partial charge in [0.25, 0.3) is 0 Å². The highest BCUT2D eigenvalue weighted by Gasteiger charge is 2.47. The van der Waals surface area contributed by atoms with E-state index in [0.29, 0.717) is 11.5 Å². The molecule has 0 aromatic rings. The number of nitrogens with zero attached hydrogens (tertiary/aromatic N) is 1. The third-order valence-electron chi connectivity index (χ3n) is 4.21. The van der Waals surface area contributed by atoms with Gasteiger partial charge in [-0.2, -0.15) is 0 Å². The average molecular weight is 212 g/mol. The molecule has 2 aliphatic rings. The van der Waals surface area contributed by atoms with E-state index < -0.39 is 0 Å². The highest BCUT2D eigenvalue weighted by molar-refractivity contribution is 5.68. The lowest BCUT2D eigenvalue weighted by Crippen LogP contribution is -2.45. The number of hydrogen-bond donors (Lipinski definition) is 1. The van der Waals surface area contributed by atoms with Crippen molar-refractivity contribution >= 4 is 6.09 Å². The van der Waals surface area contributed by atoms with Gasteiger partial charge in [-0.05, 0) is 44.7 Å². The van der Waals surface area contributed by atoms with Crippen molar-refractivity contribution < 1.29 is 9.53 Å². The Balaban J connectivity index is 2.08. The fourth-order valence-corrected chi connectivity index (χ4v) is 3.04. The molecule has 0 aromatic heterocycles. The minimum absolute atomic E-state index is 0.169. The Morgan fingerprint density at radius 1 is 1.40 bits per heavy atom. The zero-order chi connectivity index (χ0) is 10.9. The van der Waals surface area contributed by atoms with Crippen LogP contribution in [0.3, 0.4) is 0 Å². The Morgan fingerprint density at radius 2 is 2.07 bits per heavy atom. The maximum atomic E-state index is 11.5. The summed E-state index contributed by atoms with van der Waals surface area (Å²) in [6.45, 7) is 5.18. The lowest BCUT2D eigenvalue weighted by Gasteiger charge is -2.38. The van der Waals surface area contributed by atoms with Gasteiger partial charge >= 0.3 is 6.09 Å². The number of hydrogen-bond acceptors (Lipinski definition) is 3. The maximum absolute atomic E-state index is 11.5. The van der Waals surface area contributed by atoms with Crippen LogP contribution in [0.1, 0.15) is 26.2 Å². The summed E-state index contributed by atoms with van der Waals surface area (Å²) in [6.07, 6.45) is 3.33. The van der Waals surface area contributed by atoms with Gasteiger partial charge in [-0.1, -0.05) is 0 Å². The molecule has 1 unspecified atom stereocenters. The number of amides is 1. The second-order valence-corrected chi connectivity index (χ2v) is 4.70. The van der Waals surface area contributed by atoms with E-state index in [-0.39, 0.29) is 6.09 Å². The first-order valence-corrected chi connectivity index (χ1v) is 5.75. The van der Waals surface area contributed by atoms with Gasteiger partial charge in [0.1, 0.15) is 0 Å². The molecule has 0 aliphatic carbocycles. The lowest BCUT2D eigenvalue weighted by molar-refractivity contribution is 0.0931. The first kappa shape index (κ1) is 10.7. The first-order chi connectivity index (χ1) is 7.19. The summed E-state index contributed by atoms with van der Waals surface area (Å²) in [7, 11) is 1.46. The van der Waals surface area contributed by atoms with E-state index in [1.54, 1.807) is 0 Å². The van der Waals surface area contributed by atoms with E-state index in [1.807, 2.05) is 4.90 Å². The van der Waals surface area contributed by atoms with Crippen LogP contribution in [0.5, 0.6) is 0 Å². The molecule has 2 aliphatic heterocycles. The van der Waals surface area contributed by atoms with Crippen LogP contribution in [0, 0.1) is 5.41 Å². The van der Waals surface area contributed by atoms with Crippen molar-refractivity contribution in [3.63, 3.8) is 0 Å². The molecule has 4 heteroatoms. The molecule has 86 valence electrons. The maximum Gasteiger partial charge on any atom is 0.409 e. The standard InChI is InChI=1S/C11H20N2O2/c1-9-11(3-6-12-7-4-11)5-8-13(9)10(14)15-2/h9,12H,3-8H2,1-2H3. The number of ether oxygens (including phenoxy) is 1. The number of rotatable bonds is 0. The molecule has 2 rings (SSSR count). The Hall–Kier alpha value is -0.770. The van der Waals surface area contributed by atoms with Crippen LogP contribution in [0.4, 0.5) is 4.79 Å². The molecule has 1 amide bonds. The summed E-state index contributed by atoms with van der Waals surface area (Å²) in [4.78, 5) is 13.4. The zero-order valence-corrected chi connectivity index (χ0v) is 9.58. The largest absolute Gasteiger partial charge is 0.453 e. The Bertz CT molecular complexity index is 249. The van der Waals surface area contributed by atoms with Crippen molar-refractivity contribution in [2.24, 2.45) is 5.41 Å². The molecule has 0 saturated carbocycles. The number of nitrogens with one attached hydrogen (secondary N) is 1. The van der Waals surface area contributed by atoms with Crippen LogP contribution in [-0.2, 0) is 4.74 Å². The SMILES string of the molecule is COC(=O)N1CCC2(CCNCC2)C1C. The molecule has 1 spiro atoms. The summed E-state index contributed by atoms with van der Waals surface area (Å²) in [5, 5.41) is 3.38. The molecular formula is C11H20N2O2. The molecule has 0 bridgehead atoms. The van der Waals surface area contributed by atoms with Crippen LogP contribution in [0.25, 0.3) is 0 Å². The fourth-order valence-electron chi connectivity index (χ4n) is 3.04. The molecule has 4 nitrogen and oxygen atoms in total. The molecule has 1 N–H and O–H groups in total. The second kappa shape index (κ2) is 4.00. The van der Waals surface area contributed by atoms with E-state index >= 15 is 0 Å². The van der Waals surface area contributed by atoms with Gasteiger partial charge < -0.3 is 15.0 Å². The predicted molar refractivity (Wildman–Crippen MR) is 57.7 cm³/mol. The van der Waals surface area contributed by atoms with Gasteiger partial charge in [0.2, 0.25) is 0 Å². The van der Waals surface area contributed by atoms with Gasteiger partial charge in [0.05, 0.1) is 7.11 Å². The second-order valence-electron chi connectivity index (χ2n) is 4.70. The van der Waals surface area contributed by atoms with Crippen LogP contribution in [0.15, 0.2) is 0 Å². The molecule has 2 saturated heterocycles. The van der Waals surface area contributed by atoms with E-state index in [0.717, 1.165) is 26.1 Å². The summed E-state index contributed by atoms with van der Waals surface area (Å²) in [6, 6.07) is 0.326. The monoisotopic (exact) mass is 212 g/mol. The minimum atomic E-state index is -0.169. The summed E-state index contributed by atoms with van der Waals surface area (Å²) in [5.74, 6) is 0. The number of methoxy groups -OCH3 is 1. The molecule has 2 heterocycles. The van der Waals surface area contributed by atoms with Crippen molar-refractivity contribution in [2.75, 3.05) is 26.7 Å². The molecule has 2 fully saturated rings. The average Bonchev–Trinajstić information content (AvgIpc) is 2.58. The number of likely N-dealkylation sites (tertiary alicyclic amines) is 1. The molecule has 1 atom stereocenters. The van der Waals surface area contributed by atoms with Crippen LogP contribution in [-0.4, -0.2) is 43.8 Å². The summed E-state index contributed by atoms with van der Waals surface area (Å²) < 4.78 is 4.81. The summed E-state index contributed by atoms with van der Waals surface area (Å²) in [5.41, 5.74) is 0.347. The summed E-state index contributed by atoms with van der Waals surface area (Å²) >= 11 is 0. The zero-order valence-electron chi connectivity index (χ0n) is 9.58. The molecule has 15 heavy (non-hydrogen) atoms. The topological polar surface area (TPSA) is 41.6 Å². The third-order valence-corrected chi connectivity index (χ3v) is 4.21. The van der Waals surface area contributed by atoms with Gasteiger partial charge in [-0.3, -0.25) is 0 Å². The minimum Gasteiger partial charge on any atom is -0.453 e. The Morgan fingerprint density at radius 3 is 2.67 bits per heavy atom. The number of carbonyl (C=O) groups excluding carboxylic acids is 1. The quantitative estimate of drug-likeness (QED) is 0.656. The van der Waals surface area contributed by atoms with Gasteiger partial charge in [0.15, 0.2) is 0 Å². The fraction of sp³-hybridized carbons (Fsp3) is 0.909. The normalized spacial score (nSPS) is 29.5. The van der Waals surface area contributed by atoms with Gasteiger partial charge in [0, 0.05) is 12.6 Å². The Kier molecular flexibility index (Phi) is 2.87. The van der Waals surface area contributed by atoms with Crippen LogP contribution >= 0.6 is 0 Å². The van der Waals surface area contributed by atoms with Gasteiger partial charge in [-0.15, -0.1) is 0 Å². The van der Waals surface area contributed by atoms with E-state index in [1.165, 1.54) is 20.0 Å². The van der Waals surface area contributed by atoms with Crippen LogP contribution < -0.4 is 5.32 Å². The smallest absolute Gasteiger partial charge is 0.409 e. The van der Waals surface area contributed by atoms with Gasteiger partial charge in [-0.25, -0.2) is 4.79 Å². The first-order valence-electron chi connectivity index (χ1n) is 5.75. The lowest BCUT2D eigenvalue weighted by atomic mass is 9.73. The van der Waals surface area contributed by atoms with Crippen molar-refractivity contribution in [2.45, 2.75) is 32.2 Å². The van der Waals surface area contributed by atoms with Crippen molar-refractivity contribution in [3.8, 4) is 0 Å². The number of carbonyl (C=O) groups is 1. The van der Waals surface area contributed by atoms with Crippen LogP contribution in [0.2, 0.25) is 0 Å². The van der Waals surface area contributed by atoms with Crippen molar-refractivity contribution in [1.29, 1.82) is 0 Å². The molecular weight excluding hydrogens is 192 g/mol. The highest BCUT2D eigenvalue weighted by Crippen LogP contribution is 2.43. The van der Waals surface area contributed by atoms with Crippen molar-refractivity contribution in [3.05, 3.63) is 0 Å². The van der Waals surface area contributed by atoms with E-state index in [2.05, 4.69) is 12.2 Å². The Labute approximate surface area is 91.0 Å². The molecule has 0 aromatic carbocycles. The highest BCUT2D eigenvalue weighted by atomic mass is 16.5. The van der Waals surface area contributed by atoms with E-state index in [4.69, 9.17) is 4.74 Å². The van der Waals surface area contributed by atoms with E-state index in [9.17, 15) is 4.79 Å². The third kappa shape index (κ3) is 1.71. The number of piperidine rings is 1. The molecule has 0 radical (unpaired) electrons. The van der Waals surface area contributed by atoms with Crippen molar-refractivity contribution in [1.82, 2.24) is 10.2 Å². The predicted octanol–water partition coefficient (Wildman–Crippen LogP) is 1.22.